The number of likely N-dealkylation sites (tertiary alicyclic amines) is 1. The second-order valence-corrected chi connectivity index (χ2v) is 5.91. The number of anilines is 1. The van der Waals surface area contributed by atoms with Gasteiger partial charge in [-0.15, -0.1) is 0 Å². The molecular weight excluding hydrogens is 322 g/mol. The molecule has 1 unspecified atom stereocenters. The molecule has 25 heavy (non-hydrogen) atoms. The normalized spacial score (nSPS) is 17.0. The summed E-state index contributed by atoms with van der Waals surface area (Å²) in [5.74, 6) is -0.293. The van der Waals surface area contributed by atoms with Gasteiger partial charge < -0.3 is 14.7 Å². The summed E-state index contributed by atoms with van der Waals surface area (Å²) in [4.78, 5) is 30.3. The van der Waals surface area contributed by atoms with Gasteiger partial charge >= 0.3 is 11.8 Å². The molecule has 8 nitrogen and oxygen atoms in total. The molecule has 0 radical (unpaired) electrons. The number of hydrogen-bond donors (Lipinski definition) is 1. The van der Waals surface area contributed by atoms with Gasteiger partial charge in [0.15, 0.2) is 5.82 Å². The van der Waals surface area contributed by atoms with Crippen molar-refractivity contribution < 1.29 is 14.1 Å². The lowest BCUT2D eigenvalue weighted by molar-refractivity contribution is -0.144. The number of rotatable bonds is 2. The van der Waals surface area contributed by atoms with Crippen LogP contribution >= 0.6 is 0 Å². The fraction of sp³-hybridized carbons (Fsp3) is 0.353. The van der Waals surface area contributed by atoms with Crippen LogP contribution in [0.5, 0.6) is 0 Å². The predicted molar refractivity (Wildman–Crippen MR) is 87.4 cm³/mol. The van der Waals surface area contributed by atoms with Gasteiger partial charge in [-0.1, -0.05) is 5.16 Å². The van der Waals surface area contributed by atoms with E-state index in [-0.39, 0.29) is 5.92 Å². The quantitative estimate of drug-likeness (QED) is 0.832. The molecule has 128 valence electrons. The lowest BCUT2D eigenvalue weighted by Crippen LogP contribution is -2.44. The summed E-state index contributed by atoms with van der Waals surface area (Å²) in [5.41, 5.74) is 0.955. The Morgan fingerprint density at radius 1 is 1.36 bits per heavy atom. The van der Waals surface area contributed by atoms with Crippen molar-refractivity contribution >= 4 is 17.5 Å². The van der Waals surface area contributed by atoms with Gasteiger partial charge in [0.25, 0.3) is 0 Å². The van der Waals surface area contributed by atoms with Crippen LogP contribution in [0.15, 0.2) is 28.8 Å². The number of aromatic nitrogens is 2. The minimum absolute atomic E-state index is 0.0541. The van der Waals surface area contributed by atoms with Crippen molar-refractivity contribution in [2.75, 3.05) is 18.4 Å². The molecule has 1 aromatic heterocycles. The van der Waals surface area contributed by atoms with E-state index in [9.17, 15) is 9.59 Å². The number of carbonyl (C=O) groups excluding carboxylic acids is 2. The second-order valence-electron chi connectivity index (χ2n) is 5.91. The van der Waals surface area contributed by atoms with Crippen molar-refractivity contribution in [2.24, 2.45) is 0 Å². The maximum Gasteiger partial charge on any atom is 0.313 e. The molecule has 1 aromatic carbocycles. The third-order valence-electron chi connectivity index (χ3n) is 4.07. The Morgan fingerprint density at radius 2 is 2.12 bits per heavy atom. The average molecular weight is 339 g/mol. The maximum atomic E-state index is 12.4. The van der Waals surface area contributed by atoms with E-state index in [1.54, 1.807) is 31.2 Å². The van der Waals surface area contributed by atoms with Crippen molar-refractivity contribution in [1.29, 1.82) is 5.26 Å². The number of aryl methyl sites for hydroxylation is 1. The molecule has 0 bridgehead atoms. The summed E-state index contributed by atoms with van der Waals surface area (Å²) in [7, 11) is 0. The van der Waals surface area contributed by atoms with Crippen LogP contribution in [0.4, 0.5) is 5.69 Å². The fourth-order valence-corrected chi connectivity index (χ4v) is 2.80. The maximum absolute atomic E-state index is 12.4. The van der Waals surface area contributed by atoms with Crippen molar-refractivity contribution in [3.05, 3.63) is 41.5 Å². The molecule has 2 heterocycles. The summed E-state index contributed by atoms with van der Waals surface area (Å²) in [6.07, 6.45) is 1.60. The zero-order chi connectivity index (χ0) is 17.8. The largest absolute Gasteiger partial charge is 0.339 e. The first kappa shape index (κ1) is 16.6. The van der Waals surface area contributed by atoms with Crippen molar-refractivity contribution in [1.82, 2.24) is 15.0 Å². The smallest absolute Gasteiger partial charge is 0.313 e. The van der Waals surface area contributed by atoms with Crippen LogP contribution in [-0.4, -0.2) is 39.9 Å². The van der Waals surface area contributed by atoms with E-state index in [1.165, 1.54) is 4.90 Å². The van der Waals surface area contributed by atoms with Crippen LogP contribution in [0.25, 0.3) is 0 Å². The van der Waals surface area contributed by atoms with Crippen LogP contribution in [0.1, 0.15) is 36.0 Å². The van der Waals surface area contributed by atoms with E-state index in [1.807, 2.05) is 6.07 Å². The summed E-state index contributed by atoms with van der Waals surface area (Å²) in [6, 6.07) is 8.33. The molecule has 8 heteroatoms. The summed E-state index contributed by atoms with van der Waals surface area (Å²) >= 11 is 0. The van der Waals surface area contributed by atoms with Crippen LogP contribution in [0.3, 0.4) is 0 Å². The number of amides is 2. The number of carbonyl (C=O) groups is 2. The molecule has 1 aliphatic rings. The van der Waals surface area contributed by atoms with Crippen LogP contribution < -0.4 is 5.32 Å². The number of benzene rings is 1. The van der Waals surface area contributed by atoms with Crippen LogP contribution in [-0.2, 0) is 9.59 Å². The van der Waals surface area contributed by atoms with Gasteiger partial charge in [0.05, 0.1) is 17.6 Å². The van der Waals surface area contributed by atoms with E-state index in [2.05, 4.69) is 15.5 Å². The Labute approximate surface area is 144 Å². The van der Waals surface area contributed by atoms with Gasteiger partial charge in [0, 0.05) is 18.8 Å². The molecule has 1 fully saturated rings. The molecule has 0 aliphatic carbocycles. The van der Waals surface area contributed by atoms with Gasteiger partial charge in [-0.05, 0) is 44.0 Å². The zero-order valence-corrected chi connectivity index (χ0v) is 13.7. The predicted octanol–water partition coefficient (Wildman–Crippen LogP) is 1.59. The minimum Gasteiger partial charge on any atom is -0.339 e. The second kappa shape index (κ2) is 7.13. The molecule has 0 saturated carbocycles. The molecule has 2 amide bonds. The van der Waals surface area contributed by atoms with Gasteiger partial charge in [-0.2, -0.15) is 10.2 Å². The molecular formula is C17H17N5O3. The van der Waals surface area contributed by atoms with Gasteiger partial charge in [0.1, 0.15) is 0 Å². The lowest BCUT2D eigenvalue weighted by Gasteiger charge is -2.30. The van der Waals surface area contributed by atoms with Crippen molar-refractivity contribution in [2.45, 2.75) is 25.7 Å². The molecule has 1 saturated heterocycles. The standard InChI is InChI=1S/C17H17N5O3/c1-11-19-16(25-21-11)13-3-2-8-22(10-13)17(24)15(23)20-14-6-4-12(9-18)5-7-14/h4-7,13H,2-3,8,10H2,1H3,(H,20,23). The molecule has 0 spiro atoms. The third kappa shape index (κ3) is 3.83. The van der Waals surface area contributed by atoms with Crippen LogP contribution in [0, 0.1) is 18.3 Å². The van der Waals surface area contributed by atoms with E-state index in [4.69, 9.17) is 9.78 Å². The first-order valence-corrected chi connectivity index (χ1v) is 7.97. The third-order valence-corrected chi connectivity index (χ3v) is 4.07. The molecule has 1 atom stereocenters. The first-order valence-electron chi connectivity index (χ1n) is 7.97. The average Bonchev–Trinajstić information content (AvgIpc) is 3.08. The van der Waals surface area contributed by atoms with Gasteiger partial charge in [0.2, 0.25) is 5.89 Å². The summed E-state index contributed by atoms with van der Waals surface area (Å²) in [6.45, 7) is 2.63. The Bertz CT molecular complexity index is 822. The lowest BCUT2D eigenvalue weighted by atomic mass is 9.98. The Hall–Kier alpha value is -3.21. The van der Waals surface area contributed by atoms with Crippen LogP contribution in [0.2, 0.25) is 0 Å². The highest BCUT2D eigenvalue weighted by molar-refractivity contribution is 6.39. The Balaban J connectivity index is 1.63. The van der Waals surface area contributed by atoms with E-state index in [0.717, 1.165) is 12.8 Å². The van der Waals surface area contributed by atoms with Gasteiger partial charge in [-0.25, -0.2) is 0 Å². The number of nitrogens with zero attached hydrogens (tertiary/aromatic N) is 4. The fourth-order valence-electron chi connectivity index (χ4n) is 2.80. The number of piperidine rings is 1. The highest BCUT2D eigenvalue weighted by atomic mass is 16.5. The number of nitriles is 1. The van der Waals surface area contributed by atoms with E-state index in [0.29, 0.717) is 36.1 Å². The van der Waals surface area contributed by atoms with Crippen molar-refractivity contribution in [3.8, 4) is 6.07 Å². The van der Waals surface area contributed by atoms with Gasteiger partial charge in [-0.3, -0.25) is 9.59 Å². The summed E-state index contributed by atoms with van der Waals surface area (Å²) in [5, 5.41) is 15.1. The Kier molecular flexibility index (Phi) is 4.75. The molecule has 3 rings (SSSR count). The topological polar surface area (TPSA) is 112 Å². The molecule has 1 N–H and O–H groups in total. The monoisotopic (exact) mass is 339 g/mol. The SMILES string of the molecule is Cc1noc(C2CCCN(C(=O)C(=O)Nc3ccc(C#N)cc3)C2)n1. The highest BCUT2D eigenvalue weighted by Crippen LogP contribution is 2.25. The van der Waals surface area contributed by atoms with E-state index >= 15 is 0 Å². The minimum atomic E-state index is -0.702. The summed E-state index contributed by atoms with van der Waals surface area (Å²) < 4.78 is 5.18. The highest BCUT2D eigenvalue weighted by Gasteiger charge is 2.31. The molecule has 1 aliphatic heterocycles. The van der Waals surface area contributed by atoms with Crippen molar-refractivity contribution in [3.63, 3.8) is 0 Å². The number of hydrogen-bond acceptors (Lipinski definition) is 6. The van der Waals surface area contributed by atoms with E-state index < -0.39 is 11.8 Å². The Morgan fingerprint density at radius 3 is 2.76 bits per heavy atom. The number of nitrogens with one attached hydrogen (secondary N) is 1. The first-order chi connectivity index (χ1) is 12.1. The zero-order valence-electron chi connectivity index (χ0n) is 13.7. The molecule has 2 aromatic rings.